The second-order valence-corrected chi connectivity index (χ2v) is 19.0. The van der Waals surface area contributed by atoms with Crippen molar-refractivity contribution >= 4 is 31.5 Å². The van der Waals surface area contributed by atoms with E-state index in [1.54, 1.807) is 82.9 Å². The second-order valence-electron chi connectivity index (χ2n) is 14.8. The zero-order valence-corrected chi connectivity index (χ0v) is 33.9. The molecular weight excluding hydrogens is 789 g/mol. The Morgan fingerprint density at radius 3 is 1.83 bits per heavy atom. The minimum atomic E-state index is -3.57. The van der Waals surface area contributed by atoms with Crippen molar-refractivity contribution < 1.29 is 31.2 Å². The normalized spacial score (nSPS) is 17.0. The number of carbonyl (C=O) groups is 2. The lowest BCUT2D eigenvalue weighted by Crippen LogP contribution is -2.32. The van der Waals surface area contributed by atoms with Gasteiger partial charge in [-0.2, -0.15) is 0 Å². The number of H-pyrrole nitrogens is 2. The summed E-state index contributed by atoms with van der Waals surface area (Å²) in [5.74, 6) is 1.64. The minimum absolute atomic E-state index is 0.0940. The van der Waals surface area contributed by atoms with Gasteiger partial charge in [0.1, 0.15) is 23.1 Å². The third-order valence-corrected chi connectivity index (χ3v) is 14.3. The summed E-state index contributed by atoms with van der Waals surface area (Å²) in [6.45, 7) is 1.09. The zero-order chi connectivity index (χ0) is 41.0. The highest BCUT2D eigenvalue weighted by Crippen LogP contribution is 2.35. The summed E-state index contributed by atoms with van der Waals surface area (Å²) in [5, 5.41) is 0. The fourth-order valence-corrected chi connectivity index (χ4v) is 10.3. The van der Waals surface area contributed by atoms with E-state index in [9.17, 15) is 26.4 Å². The third-order valence-electron chi connectivity index (χ3n) is 10.9. The molecule has 0 saturated carbocycles. The van der Waals surface area contributed by atoms with Gasteiger partial charge in [-0.05, 0) is 91.9 Å². The van der Waals surface area contributed by atoms with Crippen molar-refractivity contribution in [3.63, 3.8) is 0 Å². The Morgan fingerprint density at radius 2 is 1.24 bits per heavy atom. The molecule has 59 heavy (non-hydrogen) atoms. The van der Waals surface area contributed by atoms with Gasteiger partial charge in [0.2, 0.25) is 11.8 Å². The molecule has 2 amide bonds. The summed E-state index contributed by atoms with van der Waals surface area (Å²) in [5.41, 5.74) is 3.19. The van der Waals surface area contributed by atoms with Crippen LogP contribution in [-0.2, 0) is 29.3 Å². The van der Waals surface area contributed by atoms with E-state index < -0.39 is 19.7 Å². The van der Waals surface area contributed by atoms with E-state index in [0.717, 1.165) is 42.5 Å². The number of aromatic nitrogens is 4. The van der Waals surface area contributed by atoms with E-state index in [1.165, 1.54) is 0 Å². The van der Waals surface area contributed by atoms with Crippen LogP contribution in [0.5, 0.6) is 11.5 Å². The quantitative estimate of drug-likeness (QED) is 0.114. The fourth-order valence-electron chi connectivity index (χ4n) is 7.79. The van der Waals surface area contributed by atoms with Gasteiger partial charge in [-0.15, -0.1) is 0 Å². The van der Waals surface area contributed by atoms with Crippen molar-refractivity contribution in [3.05, 3.63) is 133 Å². The third kappa shape index (κ3) is 9.00. The molecule has 13 nitrogen and oxygen atoms in total. The number of benzene rings is 4. The predicted molar refractivity (Wildman–Crippen MR) is 222 cm³/mol. The van der Waals surface area contributed by atoms with Crippen LogP contribution in [0.2, 0.25) is 0 Å². The number of hydrogen-bond donors (Lipinski definition) is 2. The Morgan fingerprint density at radius 1 is 0.661 bits per heavy atom. The number of sulfone groups is 2. The highest BCUT2D eigenvalue weighted by atomic mass is 32.2. The topological polar surface area (TPSA) is 175 Å². The molecular formula is C44H44N6O7S2. The molecule has 0 bridgehead atoms. The Labute approximate surface area is 343 Å². The lowest BCUT2D eigenvalue weighted by Gasteiger charge is -2.23. The lowest BCUT2D eigenvalue weighted by atomic mass is 10.1. The molecule has 2 aromatic heterocycles. The maximum Gasteiger partial charge on any atom is 0.224 e. The first-order valence-electron chi connectivity index (χ1n) is 19.7. The van der Waals surface area contributed by atoms with Crippen LogP contribution in [0, 0.1) is 0 Å². The van der Waals surface area contributed by atoms with Crippen LogP contribution in [0.1, 0.15) is 62.3 Å². The van der Waals surface area contributed by atoms with E-state index >= 15 is 0 Å². The second kappa shape index (κ2) is 17.0. The molecule has 15 heteroatoms. The number of ether oxygens (including phenoxy) is 1. The summed E-state index contributed by atoms with van der Waals surface area (Å²) in [6.07, 6.45) is 6.42. The fraction of sp³-hybridized carbons (Fsp3) is 0.273. The molecule has 304 valence electrons. The Kier molecular flexibility index (Phi) is 11.5. The Bertz CT molecular complexity index is 2650. The van der Waals surface area contributed by atoms with Gasteiger partial charge < -0.3 is 24.5 Å². The first kappa shape index (κ1) is 39.8. The van der Waals surface area contributed by atoms with Gasteiger partial charge in [0.25, 0.3) is 0 Å². The number of carbonyl (C=O) groups excluding carboxylic acids is 2. The van der Waals surface area contributed by atoms with Gasteiger partial charge in [0.15, 0.2) is 19.7 Å². The SMILES string of the molecule is O=C(CCS(=O)(=O)c1ccccc1)N1CCC[C@H]1c1nc(-c2cccc(Oc3ccc(-c4cnc([C@@H]5CCCN5C(=O)CCS(=O)(=O)c5ccccc5)[nH]4)cc3)c2)c[nH]1. The number of nitrogens with one attached hydrogen (secondary N) is 2. The van der Waals surface area contributed by atoms with Crippen molar-refractivity contribution in [2.75, 3.05) is 24.6 Å². The molecule has 6 aromatic rings. The number of imidazole rings is 2. The molecule has 8 rings (SSSR count). The first-order valence-corrected chi connectivity index (χ1v) is 23.0. The van der Waals surface area contributed by atoms with E-state index in [-0.39, 0.29) is 58.0 Å². The van der Waals surface area contributed by atoms with Crippen molar-refractivity contribution in [1.29, 1.82) is 0 Å². The van der Waals surface area contributed by atoms with Gasteiger partial charge in [-0.1, -0.05) is 48.5 Å². The number of aromatic amines is 2. The molecule has 4 aromatic carbocycles. The average molecular weight is 833 g/mol. The van der Waals surface area contributed by atoms with Gasteiger partial charge in [-0.3, -0.25) is 9.59 Å². The lowest BCUT2D eigenvalue weighted by molar-refractivity contribution is -0.132. The van der Waals surface area contributed by atoms with Crippen molar-refractivity contribution in [3.8, 4) is 34.0 Å². The molecule has 0 aliphatic carbocycles. The zero-order valence-electron chi connectivity index (χ0n) is 32.2. The van der Waals surface area contributed by atoms with Crippen LogP contribution in [0.25, 0.3) is 22.5 Å². The summed E-state index contributed by atoms with van der Waals surface area (Å²) in [4.78, 5) is 46.4. The Hall–Kier alpha value is -6.06. The molecule has 4 heterocycles. The predicted octanol–water partition coefficient (Wildman–Crippen LogP) is 7.31. The molecule has 2 atom stereocenters. The molecule has 2 N–H and O–H groups in total. The number of nitrogens with zero attached hydrogens (tertiary/aromatic N) is 4. The smallest absolute Gasteiger partial charge is 0.224 e. The van der Waals surface area contributed by atoms with E-state index in [1.807, 2.05) is 48.5 Å². The molecule has 0 unspecified atom stereocenters. The molecule has 0 spiro atoms. The largest absolute Gasteiger partial charge is 0.457 e. The Balaban J connectivity index is 0.871. The van der Waals surface area contributed by atoms with Gasteiger partial charge in [0, 0.05) is 37.7 Å². The molecule has 2 saturated heterocycles. The summed E-state index contributed by atoms with van der Waals surface area (Å²) in [6, 6.07) is 31.0. The molecule has 2 aliphatic heterocycles. The van der Waals surface area contributed by atoms with Crippen molar-refractivity contribution in [2.24, 2.45) is 0 Å². The minimum Gasteiger partial charge on any atom is -0.457 e. The summed E-state index contributed by atoms with van der Waals surface area (Å²) in [7, 11) is -7.13. The molecule has 2 aliphatic rings. The molecule has 0 radical (unpaired) electrons. The monoisotopic (exact) mass is 832 g/mol. The van der Waals surface area contributed by atoms with Crippen LogP contribution in [0.15, 0.2) is 131 Å². The van der Waals surface area contributed by atoms with E-state index in [0.29, 0.717) is 41.9 Å². The number of hydrogen-bond acceptors (Lipinski definition) is 9. The van der Waals surface area contributed by atoms with Crippen LogP contribution < -0.4 is 4.74 Å². The van der Waals surface area contributed by atoms with Gasteiger partial charge in [-0.25, -0.2) is 26.8 Å². The maximum atomic E-state index is 13.2. The highest BCUT2D eigenvalue weighted by molar-refractivity contribution is 7.91. The van der Waals surface area contributed by atoms with Crippen molar-refractivity contribution in [1.82, 2.24) is 29.7 Å². The van der Waals surface area contributed by atoms with Crippen LogP contribution in [-0.4, -0.2) is 83.0 Å². The summed E-state index contributed by atoms with van der Waals surface area (Å²) < 4.78 is 57.3. The van der Waals surface area contributed by atoms with Crippen LogP contribution in [0.3, 0.4) is 0 Å². The number of amides is 2. The maximum absolute atomic E-state index is 13.2. The van der Waals surface area contributed by atoms with Crippen LogP contribution >= 0.6 is 0 Å². The van der Waals surface area contributed by atoms with E-state index in [2.05, 4.69) is 15.0 Å². The number of rotatable bonds is 14. The van der Waals surface area contributed by atoms with Gasteiger partial charge in [0.05, 0.1) is 51.0 Å². The van der Waals surface area contributed by atoms with E-state index in [4.69, 9.17) is 9.72 Å². The first-order chi connectivity index (χ1) is 28.5. The summed E-state index contributed by atoms with van der Waals surface area (Å²) >= 11 is 0. The van der Waals surface area contributed by atoms with Crippen LogP contribution in [0.4, 0.5) is 0 Å². The van der Waals surface area contributed by atoms with Crippen molar-refractivity contribution in [2.45, 2.75) is 60.4 Å². The number of likely N-dealkylation sites (tertiary alicyclic amines) is 2. The molecule has 2 fully saturated rings. The standard InChI is InChI=1S/C44H44N6O7S2/c51-41(22-26-58(53,54)35-12-3-1-4-13-35)49-24-8-16-39(49)43-45-29-37(47-43)31-18-20-33(21-19-31)57-34-11-7-10-32(28-34)38-30-46-44(48-38)40-17-9-25-50(40)42(52)23-27-59(55,56)36-14-5-2-6-15-36/h1-7,10-15,18-21,28-30,39-40H,8-9,16-17,22-27H2,(H,45,47)(H,46,48)/t39-,40-/m0/s1. The highest BCUT2D eigenvalue weighted by Gasteiger charge is 2.34. The van der Waals surface area contributed by atoms with Gasteiger partial charge >= 0.3 is 0 Å². The average Bonchev–Trinajstić information content (AvgIpc) is 4.10.